The van der Waals surface area contributed by atoms with E-state index >= 15 is 0 Å². The molecule has 7 heteroatoms. The molecule has 70 valence electrons. The van der Waals surface area contributed by atoms with Crippen molar-refractivity contribution in [1.82, 2.24) is 0 Å². The van der Waals surface area contributed by atoms with Gasteiger partial charge in [-0.05, 0) is 0 Å². The van der Waals surface area contributed by atoms with Crippen molar-refractivity contribution in [2.24, 2.45) is 0 Å². The Hall–Kier alpha value is -1.18. The summed E-state index contributed by atoms with van der Waals surface area (Å²) in [6, 6.07) is 0. The normalized spacial score (nSPS) is 17.9. The van der Waals surface area contributed by atoms with E-state index in [0.717, 1.165) is 0 Å². The highest BCUT2D eigenvalue weighted by molar-refractivity contribution is 5.76. The van der Waals surface area contributed by atoms with Crippen molar-refractivity contribution in [3.8, 4) is 0 Å². The van der Waals surface area contributed by atoms with Crippen molar-refractivity contribution in [1.29, 1.82) is 0 Å². The van der Waals surface area contributed by atoms with Crippen LogP contribution in [0.3, 0.4) is 0 Å². The summed E-state index contributed by atoms with van der Waals surface area (Å²) in [7, 11) is 0. The van der Waals surface area contributed by atoms with Gasteiger partial charge in [0, 0.05) is 6.92 Å². The number of hydrogen-bond acceptors (Lipinski definition) is 5. The monoisotopic (exact) mass is 180 g/mol. The molecule has 0 saturated heterocycles. The average molecular weight is 180 g/mol. The van der Waals surface area contributed by atoms with Crippen LogP contribution in [-0.2, 0) is 14.3 Å². The number of aliphatic hydroxyl groups is 2. The third-order valence-electron chi connectivity index (χ3n) is 0.949. The summed E-state index contributed by atoms with van der Waals surface area (Å²) in [5.41, 5.74) is 0. The number of carboxylic acids is 2. The summed E-state index contributed by atoms with van der Waals surface area (Å²) in [6.07, 6.45) is -2.36. The van der Waals surface area contributed by atoms with Crippen LogP contribution >= 0.6 is 0 Å². The summed E-state index contributed by atoms with van der Waals surface area (Å²) in [5.74, 6) is -6.28. The van der Waals surface area contributed by atoms with Gasteiger partial charge in [-0.15, -0.1) is 0 Å². The van der Waals surface area contributed by atoms with Gasteiger partial charge in [0.25, 0.3) is 12.1 Å². The first-order valence-corrected chi connectivity index (χ1v) is 2.82. The SMILES string of the molecule is C[C@](O)(OC(O)C(=O)O)C(=O)O. The van der Waals surface area contributed by atoms with E-state index in [2.05, 4.69) is 4.74 Å². The second kappa shape index (κ2) is 3.48. The third kappa shape index (κ3) is 2.82. The number of ether oxygens (including phenoxy) is 1. The van der Waals surface area contributed by atoms with Gasteiger partial charge in [-0.2, -0.15) is 0 Å². The largest absolute Gasteiger partial charge is 0.477 e. The molecule has 0 amide bonds. The number of rotatable bonds is 4. The Labute approximate surface area is 66.8 Å². The smallest absolute Gasteiger partial charge is 0.364 e. The average Bonchev–Trinajstić information content (AvgIpc) is 1.85. The number of hydrogen-bond donors (Lipinski definition) is 4. The second-order valence-electron chi connectivity index (χ2n) is 2.10. The Morgan fingerprint density at radius 2 is 1.83 bits per heavy atom. The van der Waals surface area contributed by atoms with Crippen LogP contribution in [0.2, 0.25) is 0 Å². The Balaban J connectivity index is 4.24. The van der Waals surface area contributed by atoms with Gasteiger partial charge in [0.15, 0.2) is 0 Å². The molecule has 0 heterocycles. The van der Waals surface area contributed by atoms with E-state index in [1.165, 1.54) is 0 Å². The molecule has 0 aromatic rings. The molecule has 0 bridgehead atoms. The van der Waals surface area contributed by atoms with Crippen LogP contribution in [0.5, 0.6) is 0 Å². The maximum atomic E-state index is 10.1. The van der Waals surface area contributed by atoms with E-state index in [1.54, 1.807) is 0 Å². The first-order valence-electron chi connectivity index (χ1n) is 2.82. The maximum absolute atomic E-state index is 10.1. The topological polar surface area (TPSA) is 124 Å². The van der Waals surface area contributed by atoms with Gasteiger partial charge < -0.3 is 25.2 Å². The number of carboxylic acid groups (broad SMARTS) is 2. The predicted octanol–water partition coefficient (Wildman–Crippen LogP) is -1.80. The van der Waals surface area contributed by atoms with Crippen LogP contribution in [0.25, 0.3) is 0 Å². The first kappa shape index (κ1) is 10.8. The highest BCUT2D eigenvalue weighted by Crippen LogP contribution is 2.08. The predicted molar refractivity (Wildman–Crippen MR) is 33.0 cm³/mol. The van der Waals surface area contributed by atoms with E-state index in [-0.39, 0.29) is 0 Å². The highest BCUT2D eigenvalue weighted by atomic mass is 16.7. The molecule has 0 aromatic heterocycles. The lowest BCUT2D eigenvalue weighted by Gasteiger charge is -2.19. The van der Waals surface area contributed by atoms with Gasteiger partial charge in [-0.1, -0.05) is 0 Å². The molecule has 0 aliphatic rings. The molecule has 1 unspecified atom stereocenters. The molecular formula is C5H8O7. The van der Waals surface area contributed by atoms with Crippen LogP contribution in [-0.4, -0.2) is 44.4 Å². The summed E-state index contributed by atoms with van der Waals surface area (Å²) >= 11 is 0. The van der Waals surface area contributed by atoms with Gasteiger partial charge in [0.1, 0.15) is 0 Å². The van der Waals surface area contributed by atoms with Gasteiger partial charge in [-0.3, -0.25) is 0 Å². The van der Waals surface area contributed by atoms with Crippen molar-refractivity contribution in [3.63, 3.8) is 0 Å². The fourth-order valence-corrected chi connectivity index (χ4v) is 0.318. The van der Waals surface area contributed by atoms with Crippen LogP contribution in [0.4, 0.5) is 0 Å². The molecule has 0 radical (unpaired) electrons. The van der Waals surface area contributed by atoms with Crippen molar-refractivity contribution in [2.45, 2.75) is 19.0 Å². The number of carbonyl (C=O) groups is 2. The quantitative estimate of drug-likeness (QED) is 0.376. The molecule has 0 saturated carbocycles. The van der Waals surface area contributed by atoms with E-state index in [1.807, 2.05) is 0 Å². The first-order chi connectivity index (χ1) is 5.27. The number of aliphatic hydroxyl groups excluding tert-OH is 1. The molecule has 0 rings (SSSR count). The summed E-state index contributed by atoms with van der Waals surface area (Å²) in [4.78, 5) is 20.0. The molecule has 7 nitrogen and oxygen atoms in total. The molecule has 0 fully saturated rings. The van der Waals surface area contributed by atoms with Crippen molar-refractivity contribution < 1.29 is 34.8 Å². The zero-order valence-electron chi connectivity index (χ0n) is 6.09. The standard InChI is InChI=1S/C5H8O7/c1-5(11,4(9)10)12-3(8)2(6)7/h3,8,11H,1H3,(H,6,7)(H,9,10)/t3?,5-/m0/s1. The lowest BCUT2D eigenvalue weighted by Crippen LogP contribution is -2.43. The Morgan fingerprint density at radius 3 is 2.08 bits per heavy atom. The maximum Gasteiger partial charge on any atom is 0.364 e. The van der Waals surface area contributed by atoms with Crippen LogP contribution in [0.15, 0.2) is 0 Å². The minimum absolute atomic E-state index is 0.696. The van der Waals surface area contributed by atoms with E-state index in [4.69, 9.17) is 20.4 Å². The zero-order valence-corrected chi connectivity index (χ0v) is 6.09. The van der Waals surface area contributed by atoms with Crippen LogP contribution < -0.4 is 0 Å². The molecule has 0 aromatic carbocycles. The Kier molecular flexibility index (Phi) is 3.14. The van der Waals surface area contributed by atoms with Gasteiger partial charge in [0.2, 0.25) is 0 Å². The Morgan fingerprint density at radius 1 is 1.42 bits per heavy atom. The van der Waals surface area contributed by atoms with E-state index < -0.39 is 24.0 Å². The fraction of sp³-hybridized carbons (Fsp3) is 0.600. The minimum atomic E-state index is -2.71. The fourth-order valence-electron chi connectivity index (χ4n) is 0.318. The van der Waals surface area contributed by atoms with Gasteiger partial charge in [-0.25, -0.2) is 9.59 Å². The Bertz CT molecular complexity index is 196. The second-order valence-corrected chi connectivity index (χ2v) is 2.10. The van der Waals surface area contributed by atoms with E-state index in [9.17, 15) is 9.59 Å². The molecule has 2 atom stereocenters. The zero-order chi connectivity index (χ0) is 9.94. The van der Waals surface area contributed by atoms with E-state index in [0.29, 0.717) is 6.92 Å². The minimum Gasteiger partial charge on any atom is -0.477 e. The van der Waals surface area contributed by atoms with Crippen molar-refractivity contribution in [2.75, 3.05) is 0 Å². The lowest BCUT2D eigenvalue weighted by molar-refractivity contribution is -0.267. The number of aliphatic carboxylic acids is 2. The van der Waals surface area contributed by atoms with Gasteiger partial charge >= 0.3 is 11.9 Å². The van der Waals surface area contributed by atoms with Gasteiger partial charge in [0.05, 0.1) is 0 Å². The summed E-state index contributed by atoms with van der Waals surface area (Å²) in [6.45, 7) is 0.696. The molecule has 0 aliphatic heterocycles. The summed E-state index contributed by atoms with van der Waals surface area (Å²) in [5, 5.41) is 33.5. The third-order valence-corrected chi connectivity index (χ3v) is 0.949. The highest BCUT2D eigenvalue weighted by Gasteiger charge is 2.36. The molecule has 0 aliphatic carbocycles. The molecular weight excluding hydrogens is 172 g/mol. The van der Waals surface area contributed by atoms with Crippen molar-refractivity contribution in [3.05, 3.63) is 0 Å². The van der Waals surface area contributed by atoms with Crippen LogP contribution in [0.1, 0.15) is 6.92 Å². The van der Waals surface area contributed by atoms with Crippen molar-refractivity contribution >= 4 is 11.9 Å². The van der Waals surface area contributed by atoms with Crippen LogP contribution in [0, 0.1) is 0 Å². The summed E-state index contributed by atoms with van der Waals surface area (Å²) < 4.78 is 3.87. The molecule has 12 heavy (non-hydrogen) atoms. The molecule has 0 spiro atoms. The lowest BCUT2D eigenvalue weighted by atomic mass is 10.3. The molecule has 4 N–H and O–H groups in total.